The van der Waals surface area contributed by atoms with E-state index in [-0.39, 0.29) is 18.3 Å². The summed E-state index contributed by atoms with van der Waals surface area (Å²) in [5.41, 5.74) is 5.32. The number of allylic oxidation sites excluding steroid dienone is 1. The fourth-order valence-corrected chi connectivity index (χ4v) is 5.78. The number of rotatable bonds is 9. The normalized spacial score (nSPS) is 20.1. The van der Waals surface area contributed by atoms with Gasteiger partial charge in [-0.15, -0.1) is 0 Å². The van der Waals surface area contributed by atoms with Gasteiger partial charge in [-0.3, -0.25) is 9.69 Å². The molecule has 0 saturated carbocycles. The number of aliphatic imine (C=N–C) groups is 1. The Morgan fingerprint density at radius 2 is 2.03 bits per heavy atom. The van der Waals surface area contributed by atoms with Gasteiger partial charge in [0.25, 0.3) is 0 Å². The molecule has 36 heavy (non-hydrogen) atoms. The lowest BCUT2D eigenvalue weighted by Crippen LogP contribution is -2.39. The van der Waals surface area contributed by atoms with Crippen molar-refractivity contribution in [2.45, 2.75) is 46.1 Å². The predicted octanol–water partition coefficient (Wildman–Crippen LogP) is 3.67. The minimum absolute atomic E-state index is 0.0327. The fraction of sp³-hybridized carbons (Fsp3) is 0.519. The second kappa shape index (κ2) is 12.1. The topological polar surface area (TPSA) is 83.5 Å². The number of esters is 1. The van der Waals surface area contributed by atoms with Gasteiger partial charge < -0.3 is 19.7 Å². The first-order valence-electron chi connectivity index (χ1n) is 12.6. The highest BCUT2D eigenvalue weighted by atomic mass is 32.2. The monoisotopic (exact) mass is 512 g/mol. The number of ether oxygens (including phenoxy) is 2. The van der Waals surface area contributed by atoms with E-state index in [4.69, 9.17) is 14.5 Å². The molecule has 1 aromatic rings. The van der Waals surface area contributed by atoms with Gasteiger partial charge in [0.15, 0.2) is 5.17 Å². The Balaban J connectivity index is 1.52. The average Bonchev–Trinajstić information content (AvgIpc) is 3.29. The van der Waals surface area contributed by atoms with Gasteiger partial charge in [-0.25, -0.2) is 9.79 Å². The molecule has 0 aliphatic carbocycles. The number of nitrogens with zero attached hydrogens (tertiary/aromatic N) is 3. The molecule has 0 bridgehead atoms. The Hall–Kier alpha value is -2.62. The third kappa shape index (κ3) is 5.85. The summed E-state index contributed by atoms with van der Waals surface area (Å²) in [6.45, 7) is 11.1. The van der Waals surface area contributed by atoms with Crippen molar-refractivity contribution in [1.29, 1.82) is 0 Å². The molecule has 0 radical (unpaired) electrons. The van der Waals surface area contributed by atoms with Crippen LogP contribution in [0.2, 0.25) is 0 Å². The highest BCUT2D eigenvalue weighted by Gasteiger charge is 2.42. The molecule has 1 amide bonds. The van der Waals surface area contributed by atoms with Gasteiger partial charge in [0.05, 0.1) is 44.1 Å². The molecule has 1 aromatic carbocycles. The van der Waals surface area contributed by atoms with Crippen LogP contribution >= 0.6 is 11.8 Å². The molecule has 0 unspecified atom stereocenters. The molecule has 9 heteroatoms. The van der Waals surface area contributed by atoms with Crippen molar-refractivity contribution in [2.24, 2.45) is 4.99 Å². The van der Waals surface area contributed by atoms with Gasteiger partial charge in [0, 0.05) is 25.3 Å². The Bertz CT molecular complexity index is 1090. The molecule has 194 valence electrons. The van der Waals surface area contributed by atoms with E-state index in [1.165, 1.54) is 18.9 Å². The zero-order chi connectivity index (χ0) is 25.7. The Morgan fingerprint density at radius 3 is 2.75 bits per heavy atom. The van der Waals surface area contributed by atoms with Gasteiger partial charge in [0.1, 0.15) is 0 Å². The van der Waals surface area contributed by atoms with E-state index in [2.05, 4.69) is 35.3 Å². The summed E-state index contributed by atoms with van der Waals surface area (Å²) in [7, 11) is 1.40. The molecule has 1 N–H and O–H groups in total. The summed E-state index contributed by atoms with van der Waals surface area (Å²) < 4.78 is 10.6. The Kier molecular flexibility index (Phi) is 8.87. The minimum atomic E-state index is -0.393. The van der Waals surface area contributed by atoms with Crippen LogP contribution in [0.3, 0.4) is 0 Å². The highest BCUT2D eigenvalue weighted by molar-refractivity contribution is 8.16. The van der Waals surface area contributed by atoms with Crippen LogP contribution in [0.5, 0.6) is 0 Å². The maximum absolute atomic E-state index is 13.0. The molecule has 3 aliphatic rings. The largest absolute Gasteiger partial charge is 0.466 e. The van der Waals surface area contributed by atoms with Crippen molar-refractivity contribution in [3.8, 4) is 0 Å². The second-order valence-electron chi connectivity index (χ2n) is 9.29. The summed E-state index contributed by atoms with van der Waals surface area (Å²) in [5, 5.41) is 5.84. The summed E-state index contributed by atoms with van der Waals surface area (Å²) in [6.07, 6.45) is 1.74. The number of hydrogen-bond acceptors (Lipinski definition) is 8. The minimum Gasteiger partial charge on any atom is -0.466 e. The average molecular weight is 513 g/mol. The molecular weight excluding hydrogens is 476 g/mol. The summed E-state index contributed by atoms with van der Waals surface area (Å²) in [4.78, 5) is 35.2. The number of carbonyl (C=O) groups excluding carboxylic acids is 2. The molecule has 4 rings (SSSR count). The lowest BCUT2D eigenvalue weighted by Gasteiger charge is -2.37. The van der Waals surface area contributed by atoms with Crippen LogP contribution in [0.15, 0.2) is 45.6 Å². The first kappa shape index (κ1) is 26.4. The first-order chi connectivity index (χ1) is 17.4. The maximum Gasteiger partial charge on any atom is 0.338 e. The van der Waals surface area contributed by atoms with Gasteiger partial charge >= 0.3 is 5.97 Å². The predicted molar refractivity (Wildman–Crippen MR) is 142 cm³/mol. The zero-order valence-corrected chi connectivity index (χ0v) is 22.5. The lowest BCUT2D eigenvalue weighted by molar-refractivity contribution is -0.136. The number of hydrogen-bond donors (Lipinski definition) is 1. The van der Waals surface area contributed by atoms with Crippen LogP contribution < -0.4 is 5.32 Å². The molecule has 1 fully saturated rings. The van der Waals surface area contributed by atoms with Crippen molar-refractivity contribution in [3.63, 3.8) is 0 Å². The molecule has 3 heterocycles. The lowest BCUT2D eigenvalue weighted by atomic mass is 9.89. The number of amides is 1. The van der Waals surface area contributed by atoms with Crippen molar-refractivity contribution >= 4 is 28.8 Å². The number of methoxy groups -OCH3 is 1. The van der Waals surface area contributed by atoms with E-state index in [0.29, 0.717) is 18.5 Å². The van der Waals surface area contributed by atoms with E-state index in [1.54, 1.807) is 0 Å². The number of morpholine rings is 1. The Morgan fingerprint density at radius 1 is 1.25 bits per heavy atom. The smallest absolute Gasteiger partial charge is 0.338 e. The van der Waals surface area contributed by atoms with Crippen molar-refractivity contribution in [2.75, 3.05) is 46.5 Å². The van der Waals surface area contributed by atoms with Crippen LogP contribution in [0.1, 0.15) is 48.9 Å². The van der Waals surface area contributed by atoms with Crippen LogP contribution in [-0.4, -0.2) is 73.3 Å². The second-order valence-corrected chi connectivity index (χ2v) is 10.1. The first-order valence-corrected chi connectivity index (χ1v) is 13.5. The number of fused-ring (bicyclic) bond motifs is 1. The third-order valence-electron chi connectivity index (χ3n) is 6.78. The van der Waals surface area contributed by atoms with E-state index in [0.717, 1.165) is 72.5 Å². The number of carbonyl (C=O) groups is 2. The van der Waals surface area contributed by atoms with E-state index < -0.39 is 6.04 Å². The molecule has 1 atom stereocenters. The molecule has 0 aromatic heterocycles. The summed E-state index contributed by atoms with van der Waals surface area (Å²) >= 11 is 1.50. The number of aryl methyl sites for hydroxylation is 2. The molecule has 0 spiro atoms. The van der Waals surface area contributed by atoms with Gasteiger partial charge in [0.2, 0.25) is 5.91 Å². The van der Waals surface area contributed by atoms with E-state index >= 15 is 0 Å². The zero-order valence-electron chi connectivity index (χ0n) is 21.6. The number of benzene rings is 1. The van der Waals surface area contributed by atoms with E-state index in [1.807, 2.05) is 24.2 Å². The van der Waals surface area contributed by atoms with Crippen molar-refractivity contribution < 1.29 is 19.1 Å². The number of amidine groups is 1. The quantitative estimate of drug-likeness (QED) is 0.399. The summed E-state index contributed by atoms with van der Waals surface area (Å²) in [5.74, 6) is -0.418. The SMILES string of the molecule is CCC1=C(C(=O)OC)[C@H](c2cc(C)ccc2C)N2C(CC(=O)NCCCN3CCOCC3)=CSC2=N1. The van der Waals surface area contributed by atoms with Crippen LogP contribution in [0.4, 0.5) is 0 Å². The number of thioether (sulfide) groups is 1. The molecule has 8 nitrogen and oxygen atoms in total. The van der Waals surface area contributed by atoms with Crippen molar-refractivity contribution in [1.82, 2.24) is 15.1 Å². The summed E-state index contributed by atoms with van der Waals surface area (Å²) in [6, 6.07) is 5.87. The van der Waals surface area contributed by atoms with Crippen LogP contribution in [0.25, 0.3) is 0 Å². The molecule has 3 aliphatic heterocycles. The van der Waals surface area contributed by atoms with Crippen molar-refractivity contribution in [3.05, 3.63) is 57.3 Å². The van der Waals surface area contributed by atoms with Gasteiger partial charge in [-0.2, -0.15) is 0 Å². The molecular formula is C27H36N4O4S. The van der Waals surface area contributed by atoms with E-state index in [9.17, 15) is 9.59 Å². The Labute approximate surface area is 217 Å². The van der Waals surface area contributed by atoms with Crippen LogP contribution in [0, 0.1) is 13.8 Å². The standard InChI is InChI=1S/C27H36N4O4S/c1-5-22-24(26(33)34-4)25(21-15-18(2)7-8-19(21)3)31-20(17-36-27(31)29-22)16-23(32)28-9-6-10-30-11-13-35-14-12-30/h7-8,15,17,25H,5-6,9-14,16H2,1-4H3,(H,28,32)/t25-/m0/s1. The number of nitrogens with one attached hydrogen (secondary N) is 1. The van der Waals surface area contributed by atoms with Crippen LogP contribution in [-0.2, 0) is 19.1 Å². The van der Waals surface area contributed by atoms with Gasteiger partial charge in [-0.05, 0) is 49.8 Å². The maximum atomic E-state index is 13.0. The fourth-order valence-electron chi connectivity index (χ4n) is 4.84. The molecule has 1 saturated heterocycles. The van der Waals surface area contributed by atoms with Gasteiger partial charge in [-0.1, -0.05) is 42.4 Å². The highest BCUT2D eigenvalue weighted by Crippen LogP contribution is 2.46. The third-order valence-corrected chi connectivity index (χ3v) is 7.67.